The molecule has 3 N–H and O–H groups in total. The van der Waals surface area contributed by atoms with E-state index in [4.69, 9.17) is 0 Å². The molecule has 4 aromatic heterocycles. The standard InChI is InChI=1S/C16H12BrFN7O3S/c17-12-10-19-25-15(22-29(27,28)21-11-4-7-23(26)8-5-11)9-14(20-16(12)25)24-6-2-1-3-13(24)18/h1-10,26H,(H,19,20,22)/q+1/p+1. The van der Waals surface area contributed by atoms with Crippen LogP contribution in [0.3, 0.4) is 0 Å². The van der Waals surface area contributed by atoms with E-state index in [9.17, 15) is 18.0 Å². The predicted octanol–water partition coefficient (Wildman–Crippen LogP) is 1.20. The van der Waals surface area contributed by atoms with Gasteiger partial charge in [-0.3, -0.25) is 9.93 Å². The van der Waals surface area contributed by atoms with Gasteiger partial charge in [-0.1, -0.05) is 6.07 Å². The lowest BCUT2D eigenvalue weighted by Gasteiger charge is -2.10. The number of aromatic nitrogens is 5. The maximum absolute atomic E-state index is 14.2. The van der Waals surface area contributed by atoms with E-state index < -0.39 is 16.2 Å². The zero-order valence-electron chi connectivity index (χ0n) is 14.4. The van der Waals surface area contributed by atoms with Gasteiger partial charge in [-0.15, -0.1) is 0 Å². The zero-order valence-corrected chi connectivity index (χ0v) is 16.8. The Labute approximate surface area is 172 Å². The van der Waals surface area contributed by atoms with Crippen molar-refractivity contribution in [1.82, 2.24) is 14.6 Å². The Morgan fingerprint density at radius 1 is 1.14 bits per heavy atom. The van der Waals surface area contributed by atoms with Gasteiger partial charge < -0.3 is 0 Å². The van der Waals surface area contributed by atoms with Crippen LogP contribution in [-0.4, -0.2) is 28.2 Å². The first-order valence-corrected chi connectivity index (χ1v) is 10.3. The lowest BCUT2D eigenvalue weighted by molar-refractivity contribution is -0.904. The normalized spacial score (nSPS) is 11.5. The maximum Gasteiger partial charge on any atom is 0.336 e. The molecule has 0 fully saturated rings. The van der Waals surface area contributed by atoms with Crippen LogP contribution in [0.25, 0.3) is 11.5 Å². The predicted molar refractivity (Wildman–Crippen MR) is 102 cm³/mol. The van der Waals surface area contributed by atoms with Gasteiger partial charge in [0, 0.05) is 22.9 Å². The third-order valence-corrected chi connectivity index (χ3v) is 5.32. The van der Waals surface area contributed by atoms with Gasteiger partial charge in [0.25, 0.3) is 11.6 Å². The number of fused-ring (bicyclic) bond motifs is 1. The van der Waals surface area contributed by atoms with Crippen LogP contribution in [0.1, 0.15) is 0 Å². The number of nitrogens with one attached hydrogen (secondary N) is 2. The molecule has 4 heterocycles. The number of rotatable bonds is 5. The van der Waals surface area contributed by atoms with Crippen LogP contribution in [-0.2, 0) is 10.2 Å². The fourth-order valence-electron chi connectivity index (χ4n) is 2.53. The summed E-state index contributed by atoms with van der Waals surface area (Å²) in [7, 11) is -4.09. The van der Waals surface area contributed by atoms with E-state index >= 15 is 0 Å². The first-order chi connectivity index (χ1) is 13.8. The second-order valence-electron chi connectivity index (χ2n) is 5.80. The molecule has 0 saturated carbocycles. The van der Waals surface area contributed by atoms with Crippen molar-refractivity contribution < 1.29 is 27.3 Å². The molecule has 0 saturated heterocycles. The van der Waals surface area contributed by atoms with Gasteiger partial charge in [-0.25, -0.2) is 4.72 Å². The van der Waals surface area contributed by atoms with Crippen molar-refractivity contribution in [2.24, 2.45) is 0 Å². The number of anilines is 2. The molecule has 10 nitrogen and oxygen atoms in total. The molecule has 148 valence electrons. The monoisotopic (exact) mass is 481 g/mol. The molecule has 0 atom stereocenters. The lowest BCUT2D eigenvalue weighted by Crippen LogP contribution is -2.36. The molecule has 0 aromatic carbocycles. The summed E-state index contributed by atoms with van der Waals surface area (Å²) in [6, 6.07) is 8.49. The van der Waals surface area contributed by atoms with E-state index in [0.717, 1.165) is 4.73 Å². The molecule has 4 rings (SSSR count). The highest BCUT2D eigenvalue weighted by molar-refractivity contribution is 9.10. The van der Waals surface area contributed by atoms with Crippen molar-refractivity contribution in [2.75, 3.05) is 9.44 Å². The van der Waals surface area contributed by atoms with Gasteiger partial charge in [0.15, 0.2) is 5.82 Å². The summed E-state index contributed by atoms with van der Waals surface area (Å²) in [6.07, 6.45) is 5.43. The number of hydrogen-bond donors (Lipinski definition) is 3. The summed E-state index contributed by atoms with van der Waals surface area (Å²) in [5.74, 6) is -0.392. The van der Waals surface area contributed by atoms with Crippen molar-refractivity contribution in [1.29, 1.82) is 0 Å². The smallest absolute Gasteiger partial charge is 0.285 e. The first kappa shape index (κ1) is 19.0. The highest BCUT2D eigenvalue weighted by Gasteiger charge is 2.23. The average Bonchev–Trinajstić information content (AvgIpc) is 3.05. The van der Waals surface area contributed by atoms with Crippen molar-refractivity contribution in [3.63, 3.8) is 0 Å². The SMILES string of the molecule is O=S(=O)(Nc1cc[n+](O)cc1)Nc1cc(-[n+]2ccccc2F)nc2c(Br)cnn12. The van der Waals surface area contributed by atoms with Gasteiger partial charge in [0.2, 0.25) is 12.4 Å². The van der Waals surface area contributed by atoms with E-state index in [0.29, 0.717) is 4.47 Å². The minimum atomic E-state index is -4.09. The third-order valence-electron chi connectivity index (χ3n) is 3.78. The fraction of sp³-hybridized carbons (Fsp3) is 0. The minimum absolute atomic E-state index is 0.0344. The summed E-state index contributed by atoms with van der Waals surface area (Å²) >= 11 is 3.30. The number of halogens is 2. The third kappa shape index (κ3) is 3.95. The molecule has 0 unspecified atom stereocenters. The maximum atomic E-state index is 14.2. The summed E-state index contributed by atoms with van der Waals surface area (Å²) in [5.41, 5.74) is 0.510. The Bertz CT molecular complexity index is 1310. The Kier molecular flexibility index (Phi) is 4.76. The molecule has 4 aromatic rings. The Balaban J connectivity index is 1.76. The molecule has 0 amide bonds. The molecule has 0 bridgehead atoms. The second kappa shape index (κ2) is 7.25. The topological polar surface area (TPSA) is 116 Å². The van der Waals surface area contributed by atoms with Gasteiger partial charge >= 0.3 is 16.0 Å². The van der Waals surface area contributed by atoms with Crippen molar-refractivity contribution in [3.05, 3.63) is 71.6 Å². The molecule has 0 aliphatic heterocycles. The molecule has 0 spiro atoms. The second-order valence-corrected chi connectivity index (χ2v) is 8.06. The minimum Gasteiger partial charge on any atom is -0.285 e. The molecule has 0 aliphatic rings. The van der Waals surface area contributed by atoms with Crippen LogP contribution in [0.4, 0.5) is 15.9 Å². The van der Waals surface area contributed by atoms with Crippen LogP contribution >= 0.6 is 15.9 Å². The zero-order chi connectivity index (χ0) is 20.6. The van der Waals surface area contributed by atoms with Crippen molar-refractivity contribution in [3.8, 4) is 5.82 Å². The first-order valence-electron chi connectivity index (χ1n) is 8.04. The van der Waals surface area contributed by atoms with E-state index in [1.54, 1.807) is 6.07 Å². The molecular formula is C16H13BrFN7O3S+2. The number of pyridine rings is 2. The van der Waals surface area contributed by atoms with Crippen LogP contribution in [0.5, 0.6) is 0 Å². The number of nitrogens with zero attached hydrogens (tertiary/aromatic N) is 5. The summed E-state index contributed by atoms with van der Waals surface area (Å²) in [4.78, 5) is 4.34. The molecule has 13 heteroatoms. The van der Waals surface area contributed by atoms with Crippen LogP contribution in [0.2, 0.25) is 0 Å². The highest BCUT2D eigenvalue weighted by Crippen LogP contribution is 2.21. The quantitative estimate of drug-likeness (QED) is 0.225. The highest BCUT2D eigenvalue weighted by atomic mass is 79.9. The molecular weight excluding hydrogens is 469 g/mol. The van der Waals surface area contributed by atoms with E-state index in [-0.39, 0.29) is 23.0 Å². The van der Waals surface area contributed by atoms with Crippen LogP contribution < -0.4 is 18.7 Å². The fourth-order valence-corrected chi connectivity index (χ4v) is 3.80. The van der Waals surface area contributed by atoms with Gasteiger partial charge in [0.1, 0.15) is 4.47 Å². The summed E-state index contributed by atoms with van der Waals surface area (Å²) < 4.78 is 47.7. The average molecular weight is 482 g/mol. The van der Waals surface area contributed by atoms with E-state index in [1.807, 2.05) is 0 Å². The Morgan fingerprint density at radius 3 is 2.62 bits per heavy atom. The van der Waals surface area contributed by atoms with Gasteiger partial charge in [0.05, 0.1) is 24.1 Å². The van der Waals surface area contributed by atoms with Gasteiger partial charge in [-0.2, -0.15) is 27.0 Å². The van der Waals surface area contributed by atoms with Gasteiger partial charge in [-0.05, 0) is 27.0 Å². The lowest BCUT2D eigenvalue weighted by atomic mass is 10.4. The van der Waals surface area contributed by atoms with Crippen molar-refractivity contribution in [2.45, 2.75) is 0 Å². The molecule has 0 radical (unpaired) electrons. The Hall–Kier alpha value is -3.32. The molecule has 29 heavy (non-hydrogen) atoms. The van der Waals surface area contributed by atoms with E-state index in [1.165, 1.54) is 64.2 Å². The molecule has 0 aliphatic carbocycles. The summed E-state index contributed by atoms with van der Waals surface area (Å²) in [6.45, 7) is 0. The summed E-state index contributed by atoms with van der Waals surface area (Å²) in [5, 5.41) is 13.3. The largest absolute Gasteiger partial charge is 0.336 e. The number of hydrogen-bond acceptors (Lipinski definition) is 5. The van der Waals surface area contributed by atoms with Crippen LogP contribution in [0, 0.1) is 5.95 Å². The van der Waals surface area contributed by atoms with Crippen molar-refractivity contribution >= 4 is 43.3 Å². The van der Waals surface area contributed by atoms with Crippen LogP contribution in [0.15, 0.2) is 65.7 Å². The Morgan fingerprint density at radius 2 is 1.90 bits per heavy atom. The van der Waals surface area contributed by atoms with E-state index in [2.05, 4.69) is 35.5 Å².